The average Bonchev–Trinajstić information content (AvgIpc) is 2.81. The molecule has 1 aromatic carbocycles. The fraction of sp³-hybridized carbons (Fsp3) is 0.462. The molecule has 1 atom stereocenters. The van der Waals surface area contributed by atoms with Crippen LogP contribution in [0.25, 0.3) is 0 Å². The summed E-state index contributed by atoms with van der Waals surface area (Å²) in [4.78, 5) is 13.8. The molecule has 1 amide bonds. The number of rotatable bonds is 3. The Balaban J connectivity index is 1.91. The lowest BCUT2D eigenvalue weighted by molar-refractivity contribution is -0.129. The van der Waals surface area contributed by atoms with Crippen LogP contribution >= 0.6 is 11.6 Å². The summed E-state index contributed by atoms with van der Waals surface area (Å²) >= 11 is 5.79. The highest BCUT2D eigenvalue weighted by Crippen LogP contribution is 2.17. The maximum absolute atomic E-state index is 12.0. The molecule has 2 rings (SSSR count). The molecule has 1 heterocycles. The third kappa shape index (κ3) is 3.20. The van der Waals surface area contributed by atoms with Gasteiger partial charge in [0, 0.05) is 30.6 Å². The van der Waals surface area contributed by atoms with E-state index in [1.165, 1.54) is 0 Å². The summed E-state index contributed by atoms with van der Waals surface area (Å²) in [5.41, 5.74) is 0.979. The van der Waals surface area contributed by atoms with Crippen LogP contribution in [0.15, 0.2) is 24.3 Å². The number of halogens is 1. The van der Waals surface area contributed by atoms with Crippen molar-refractivity contribution in [2.45, 2.75) is 12.8 Å². The van der Waals surface area contributed by atoms with E-state index in [9.17, 15) is 4.79 Å². The van der Waals surface area contributed by atoms with E-state index in [1.807, 2.05) is 17.0 Å². The summed E-state index contributed by atoms with van der Waals surface area (Å²) in [6.07, 6.45) is 1.32. The van der Waals surface area contributed by atoms with Crippen LogP contribution in [0.4, 0.5) is 0 Å². The number of carbonyl (C=O) groups excluding carboxylic acids is 1. The van der Waals surface area contributed by atoms with Gasteiger partial charge in [0.05, 0.1) is 6.42 Å². The van der Waals surface area contributed by atoms with Crippen molar-refractivity contribution in [1.29, 1.82) is 0 Å². The molecule has 0 saturated carbocycles. The zero-order chi connectivity index (χ0) is 12.3. The first-order chi connectivity index (χ1) is 8.19. The van der Waals surface area contributed by atoms with Crippen LogP contribution < -0.4 is 0 Å². The van der Waals surface area contributed by atoms with Crippen molar-refractivity contribution >= 4 is 17.5 Å². The van der Waals surface area contributed by atoms with Gasteiger partial charge in [-0.2, -0.15) is 0 Å². The zero-order valence-electron chi connectivity index (χ0n) is 9.60. The molecule has 0 aliphatic carbocycles. The second-order valence-corrected chi connectivity index (χ2v) is 4.92. The van der Waals surface area contributed by atoms with Crippen molar-refractivity contribution in [1.82, 2.24) is 4.90 Å². The van der Waals surface area contributed by atoms with Gasteiger partial charge >= 0.3 is 0 Å². The minimum atomic E-state index is 0.128. The van der Waals surface area contributed by atoms with Crippen molar-refractivity contribution in [3.05, 3.63) is 34.9 Å². The normalized spacial score (nSPS) is 19.6. The Hall–Kier alpha value is -1.06. The topological polar surface area (TPSA) is 40.5 Å². The van der Waals surface area contributed by atoms with Crippen molar-refractivity contribution in [3.8, 4) is 0 Å². The number of nitrogens with zero attached hydrogens (tertiary/aromatic N) is 1. The van der Waals surface area contributed by atoms with Gasteiger partial charge < -0.3 is 10.0 Å². The van der Waals surface area contributed by atoms with E-state index in [1.54, 1.807) is 12.1 Å². The van der Waals surface area contributed by atoms with E-state index in [4.69, 9.17) is 16.7 Å². The number of hydrogen-bond donors (Lipinski definition) is 1. The molecular formula is C13H16ClNO2. The molecule has 3 nitrogen and oxygen atoms in total. The summed E-state index contributed by atoms with van der Waals surface area (Å²) in [5, 5.41) is 9.72. The zero-order valence-corrected chi connectivity index (χ0v) is 10.4. The summed E-state index contributed by atoms with van der Waals surface area (Å²) in [7, 11) is 0. The van der Waals surface area contributed by atoms with Crippen molar-refractivity contribution in [2.75, 3.05) is 19.7 Å². The number of benzene rings is 1. The number of aliphatic hydroxyl groups is 1. The lowest BCUT2D eigenvalue weighted by Crippen LogP contribution is -2.30. The Morgan fingerprint density at radius 1 is 1.41 bits per heavy atom. The summed E-state index contributed by atoms with van der Waals surface area (Å²) in [6.45, 7) is 1.62. The third-order valence-electron chi connectivity index (χ3n) is 3.17. The molecule has 0 aromatic heterocycles. The van der Waals surface area contributed by atoms with Crippen LogP contribution in [0.1, 0.15) is 12.0 Å². The largest absolute Gasteiger partial charge is 0.396 e. The quantitative estimate of drug-likeness (QED) is 0.891. The molecule has 17 heavy (non-hydrogen) atoms. The number of amides is 1. The van der Waals surface area contributed by atoms with Crippen molar-refractivity contribution < 1.29 is 9.90 Å². The van der Waals surface area contributed by atoms with Crippen LogP contribution in [-0.2, 0) is 11.2 Å². The second-order valence-electron chi connectivity index (χ2n) is 4.48. The van der Waals surface area contributed by atoms with Gasteiger partial charge in [-0.1, -0.05) is 23.7 Å². The Kier molecular flexibility index (Phi) is 4.02. The molecular weight excluding hydrogens is 238 g/mol. The van der Waals surface area contributed by atoms with E-state index in [-0.39, 0.29) is 18.4 Å². The molecule has 1 fully saturated rings. The molecule has 0 bridgehead atoms. The predicted molar refractivity (Wildman–Crippen MR) is 66.9 cm³/mol. The minimum absolute atomic E-state index is 0.128. The van der Waals surface area contributed by atoms with Crippen LogP contribution in [0, 0.1) is 5.92 Å². The molecule has 0 spiro atoms. The highest BCUT2D eigenvalue weighted by molar-refractivity contribution is 6.30. The van der Waals surface area contributed by atoms with Crippen molar-refractivity contribution in [2.24, 2.45) is 5.92 Å². The minimum Gasteiger partial charge on any atom is -0.396 e. The molecule has 1 aromatic rings. The number of likely N-dealkylation sites (tertiary alicyclic amines) is 1. The first-order valence-electron chi connectivity index (χ1n) is 5.82. The molecule has 1 aliphatic rings. The Labute approximate surface area is 106 Å². The van der Waals surface area contributed by atoms with Gasteiger partial charge in [-0.15, -0.1) is 0 Å². The first-order valence-corrected chi connectivity index (χ1v) is 6.20. The molecule has 4 heteroatoms. The van der Waals surface area contributed by atoms with Crippen LogP contribution in [0.2, 0.25) is 5.02 Å². The number of hydrogen-bond acceptors (Lipinski definition) is 2. The van der Waals surface area contributed by atoms with Crippen LogP contribution in [-0.4, -0.2) is 35.6 Å². The van der Waals surface area contributed by atoms with Crippen LogP contribution in [0.5, 0.6) is 0 Å². The van der Waals surface area contributed by atoms with Gasteiger partial charge in [0.25, 0.3) is 0 Å². The van der Waals surface area contributed by atoms with Gasteiger partial charge in [0.1, 0.15) is 0 Å². The third-order valence-corrected chi connectivity index (χ3v) is 3.42. The van der Waals surface area contributed by atoms with Crippen molar-refractivity contribution in [3.63, 3.8) is 0 Å². The van der Waals surface area contributed by atoms with Crippen LogP contribution in [0.3, 0.4) is 0 Å². The highest BCUT2D eigenvalue weighted by atomic mass is 35.5. The van der Waals surface area contributed by atoms with E-state index >= 15 is 0 Å². The standard InChI is InChI=1S/C13H16ClNO2/c14-12-3-1-10(2-4-12)7-13(17)15-6-5-11(8-15)9-16/h1-4,11,16H,5-9H2/t11-/m0/s1. The molecule has 0 unspecified atom stereocenters. The second kappa shape index (κ2) is 5.52. The molecule has 92 valence electrons. The van der Waals surface area contributed by atoms with E-state index in [2.05, 4.69) is 0 Å². The number of aliphatic hydroxyl groups excluding tert-OH is 1. The van der Waals surface area contributed by atoms with E-state index in [0.717, 1.165) is 18.5 Å². The SMILES string of the molecule is O=C(Cc1ccc(Cl)cc1)N1CC[C@H](CO)C1. The first kappa shape index (κ1) is 12.4. The van der Waals surface area contributed by atoms with E-state index < -0.39 is 0 Å². The molecule has 0 radical (unpaired) electrons. The predicted octanol–water partition coefficient (Wildman–Crippen LogP) is 1.72. The fourth-order valence-corrected chi connectivity index (χ4v) is 2.22. The van der Waals surface area contributed by atoms with Gasteiger partial charge in [-0.25, -0.2) is 0 Å². The monoisotopic (exact) mass is 253 g/mol. The van der Waals surface area contributed by atoms with E-state index in [0.29, 0.717) is 18.0 Å². The maximum Gasteiger partial charge on any atom is 0.227 e. The van der Waals surface area contributed by atoms with Gasteiger partial charge in [0.15, 0.2) is 0 Å². The molecule has 1 N–H and O–H groups in total. The van der Waals surface area contributed by atoms with Gasteiger partial charge in [-0.05, 0) is 24.1 Å². The fourth-order valence-electron chi connectivity index (χ4n) is 2.10. The van der Waals surface area contributed by atoms with Gasteiger partial charge in [-0.3, -0.25) is 4.79 Å². The lowest BCUT2D eigenvalue weighted by Gasteiger charge is -2.16. The Morgan fingerprint density at radius 3 is 2.71 bits per heavy atom. The maximum atomic E-state index is 12.0. The summed E-state index contributed by atoms with van der Waals surface area (Å²) < 4.78 is 0. The Bertz CT molecular complexity index is 391. The summed E-state index contributed by atoms with van der Waals surface area (Å²) in [5.74, 6) is 0.382. The number of carbonyl (C=O) groups is 1. The lowest BCUT2D eigenvalue weighted by atomic mass is 10.1. The highest BCUT2D eigenvalue weighted by Gasteiger charge is 2.25. The average molecular weight is 254 g/mol. The Morgan fingerprint density at radius 2 is 2.12 bits per heavy atom. The van der Waals surface area contributed by atoms with Gasteiger partial charge in [0.2, 0.25) is 5.91 Å². The molecule has 1 aliphatic heterocycles. The summed E-state index contributed by atoms with van der Waals surface area (Å²) in [6, 6.07) is 7.34. The molecule has 1 saturated heterocycles. The smallest absolute Gasteiger partial charge is 0.227 e.